The number of amides is 1. The Kier molecular flexibility index (Phi) is 6.78. The minimum Gasteiger partial charge on any atom is -0.492 e. The second kappa shape index (κ2) is 9.48. The normalized spacial score (nSPS) is 18.5. The van der Waals surface area contributed by atoms with E-state index in [1.807, 2.05) is 6.92 Å². The zero-order valence-corrected chi connectivity index (χ0v) is 15.9. The lowest BCUT2D eigenvalue weighted by molar-refractivity contribution is -0.121. The molecule has 1 aromatic rings. The summed E-state index contributed by atoms with van der Waals surface area (Å²) in [5.41, 5.74) is 0.902. The number of hydrogen-bond acceptors (Lipinski definition) is 6. The van der Waals surface area contributed by atoms with E-state index in [-0.39, 0.29) is 24.2 Å². The number of benzene rings is 1. The van der Waals surface area contributed by atoms with Gasteiger partial charge in [0.05, 0.1) is 24.5 Å². The van der Waals surface area contributed by atoms with Crippen LogP contribution in [0, 0.1) is 5.82 Å². The maximum atomic E-state index is 13.1. The number of nitrogens with zero attached hydrogens (tertiary/aromatic N) is 3. The van der Waals surface area contributed by atoms with E-state index >= 15 is 0 Å². The molecule has 1 aromatic carbocycles. The molecule has 150 valence electrons. The molecule has 0 unspecified atom stereocenters. The summed E-state index contributed by atoms with van der Waals surface area (Å²) in [5.74, 6) is 0.00479. The maximum Gasteiger partial charge on any atom is 0.285 e. The average Bonchev–Trinajstić information content (AvgIpc) is 2.73. The number of allylic oxidation sites excluding steroid dienone is 1. The Morgan fingerprint density at radius 3 is 2.71 bits per heavy atom. The van der Waals surface area contributed by atoms with E-state index in [2.05, 4.69) is 16.6 Å². The molecule has 0 atom stereocenters. The van der Waals surface area contributed by atoms with Gasteiger partial charge in [0.15, 0.2) is 6.61 Å². The molecule has 2 aliphatic rings. The Balaban J connectivity index is 1.64. The van der Waals surface area contributed by atoms with E-state index in [4.69, 9.17) is 14.2 Å². The van der Waals surface area contributed by atoms with Gasteiger partial charge >= 0.3 is 0 Å². The summed E-state index contributed by atoms with van der Waals surface area (Å²) in [6, 6.07) is 5.51. The number of anilines is 1. The molecule has 1 amide bonds. The third-order valence-electron chi connectivity index (χ3n) is 4.42. The van der Waals surface area contributed by atoms with Crippen molar-refractivity contribution in [3.8, 4) is 0 Å². The summed E-state index contributed by atoms with van der Waals surface area (Å²) in [6.45, 7) is 10.2. The second-order valence-corrected chi connectivity index (χ2v) is 6.31. The van der Waals surface area contributed by atoms with Crippen LogP contribution in [0.15, 0.2) is 53.4 Å². The van der Waals surface area contributed by atoms with E-state index in [9.17, 15) is 9.18 Å². The first-order chi connectivity index (χ1) is 13.6. The number of hydrogen-bond donors (Lipinski definition) is 0. The molecule has 0 N–H and O–H groups in total. The summed E-state index contributed by atoms with van der Waals surface area (Å²) < 4.78 is 29.8. The quantitative estimate of drug-likeness (QED) is 0.529. The van der Waals surface area contributed by atoms with Crippen molar-refractivity contribution in [2.75, 3.05) is 51.1 Å². The third-order valence-corrected chi connectivity index (χ3v) is 4.42. The Morgan fingerprint density at radius 2 is 2.04 bits per heavy atom. The summed E-state index contributed by atoms with van der Waals surface area (Å²) in [5, 5.41) is 5.42. The van der Waals surface area contributed by atoms with Crippen LogP contribution in [0.25, 0.3) is 0 Å². The molecular formula is C20H24FN3O4. The summed E-state index contributed by atoms with van der Waals surface area (Å²) in [6.07, 6.45) is 1.78. The molecule has 0 aliphatic carbocycles. The first-order valence-corrected chi connectivity index (χ1v) is 9.17. The highest BCUT2D eigenvalue weighted by Crippen LogP contribution is 2.21. The van der Waals surface area contributed by atoms with Crippen molar-refractivity contribution < 1.29 is 23.4 Å². The van der Waals surface area contributed by atoms with E-state index in [1.54, 1.807) is 6.08 Å². The van der Waals surface area contributed by atoms with Crippen molar-refractivity contribution in [2.45, 2.75) is 6.92 Å². The van der Waals surface area contributed by atoms with Crippen LogP contribution in [0.4, 0.5) is 10.1 Å². The van der Waals surface area contributed by atoms with Crippen molar-refractivity contribution in [1.29, 1.82) is 0 Å². The molecule has 1 saturated heterocycles. The molecular weight excluding hydrogens is 365 g/mol. The minimum atomic E-state index is -0.386. The summed E-state index contributed by atoms with van der Waals surface area (Å²) in [7, 11) is 0. The average molecular weight is 389 g/mol. The van der Waals surface area contributed by atoms with Crippen molar-refractivity contribution in [1.82, 2.24) is 4.90 Å². The first kappa shape index (κ1) is 20.0. The van der Waals surface area contributed by atoms with E-state index in [0.717, 1.165) is 32.8 Å². The fourth-order valence-electron chi connectivity index (χ4n) is 2.86. The van der Waals surface area contributed by atoms with Crippen LogP contribution in [-0.2, 0) is 19.0 Å². The number of halogens is 1. The highest BCUT2D eigenvalue weighted by molar-refractivity contribution is 6.05. The van der Waals surface area contributed by atoms with Crippen LogP contribution >= 0.6 is 0 Å². The van der Waals surface area contributed by atoms with Crippen molar-refractivity contribution in [2.24, 2.45) is 5.10 Å². The molecule has 0 saturated carbocycles. The van der Waals surface area contributed by atoms with Gasteiger partial charge in [-0.3, -0.25) is 9.69 Å². The molecule has 0 spiro atoms. The van der Waals surface area contributed by atoms with Crippen molar-refractivity contribution >= 4 is 17.5 Å². The molecule has 1 fully saturated rings. The highest BCUT2D eigenvalue weighted by atomic mass is 19.1. The van der Waals surface area contributed by atoms with Crippen LogP contribution in [-0.4, -0.2) is 62.8 Å². The number of carbonyl (C=O) groups is 1. The number of ether oxygens (including phenoxy) is 3. The fourth-order valence-corrected chi connectivity index (χ4v) is 2.86. The highest BCUT2D eigenvalue weighted by Gasteiger charge is 2.26. The predicted molar refractivity (Wildman–Crippen MR) is 103 cm³/mol. The molecule has 2 heterocycles. The van der Waals surface area contributed by atoms with Crippen LogP contribution in [0.5, 0.6) is 0 Å². The van der Waals surface area contributed by atoms with Gasteiger partial charge in [0.25, 0.3) is 5.91 Å². The summed E-state index contributed by atoms with van der Waals surface area (Å²) in [4.78, 5) is 14.4. The van der Waals surface area contributed by atoms with Crippen LogP contribution in [0.2, 0.25) is 0 Å². The lowest BCUT2D eigenvalue weighted by atomic mass is 10.2. The third kappa shape index (κ3) is 4.96. The Bertz CT molecular complexity index is 770. The van der Waals surface area contributed by atoms with Crippen LogP contribution < -0.4 is 5.01 Å². The molecule has 7 nitrogen and oxygen atoms in total. The standard InChI is InChI=1S/C20H24FN3O4/c1-3-18(27-13-10-23-8-11-26-12-9-23)15(2)20-22-24(19(25)14-28-20)17-6-4-16(21)5-7-17/h3-7H,2,8-14H2,1H3/b18-3+. The SMILES string of the molecule is C=C(C1=NN(c2ccc(F)cc2)C(=O)CO1)/C(=C\C)OCCN1CCOCC1. The first-order valence-electron chi connectivity index (χ1n) is 9.17. The van der Waals surface area contributed by atoms with E-state index in [0.29, 0.717) is 23.6 Å². The van der Waals surface area contributed by atoms with Crippen molar-refractivity contribution in [3.63, 3.8) is 0 Å². The topological polar surface area (TPSA) is 63.6 Å². The zero-order chi connectivity index (χ0) is 19.9. The van der Waals surface area contributed by atoms with E-state index < -0.39 is 0 Å². The second-order valence-electron chi connectivity index (χ2n) is 6.31. The van der Waals surface area contributed by atoms with Gasteiger partial charge < -0.3 is 14.2 Å². The smallest absolute Gasteiger partial charge is 0.285 e. The van der Waals surface area contributed by atoms with Gasteiger partial charge in [0, 0.05) is 19.6 Å². The zero-order valence-electron chi connectivity index (χ0n) is 15.9. The summed E-state index contributed by atoms with van der Waals surface area (Å²) >= 11 is 0. The monoisotopic (exact) mass is 389 g/mol. The van der Waals surface area contributed by atoms with Crippen LogP contribution in [0.3, 0.4) is 0 Å². The lowest BCUT2D eigenvalue weighted by Crippen LogP contribution is -2.38. The van der Waals surface area contributed by atoms with E-state index in [1.165, 1.54) is 29.3 Å². The lowest BCUT2D eigenvalue weighted by Gasteiger charge is -2.27. The van der Waals surface area contributed by atoms with Gasteiger partial charge in [-0.25, -0.2) is 4.39 Å². The Labute approximate surface area is 163 Å². The van der Waals surface area contributed by atoms with Gasteiger partial charge in [0.2, 0.25) is 5.90 Å². The fraction of sp³-hybridized carbons (Fsp3) is 0.400. The molecule has 0 radical (unpaired) electrons. The molecule has 0 bridgehead atoms. The number of morpholine rings is 1. The maximum absolute atomic E-state index is 13.1. The van der Waals surface area contributed by atoms with Gasteiger partial charge in [-0.2, -0.15) is 5.01 Å². The Hall–Kier alpha value is -2.71. The molecule has 8 heteroatoms. The largest absolute Gasteiger partial charge is 0.492 e. The molecule has 2 aliphatic heterocycles. The Morgan fingerprint density at radius 1 is 1.32 bits per heavy atom. The number of hydrazone groups is 1. The molecule has 28 heavy (non-hydrogen) atoms. The predicted octanol–water partition coefficient (Wildman–Crippen LogP) is 2.31. The van der Waals surface area contributed by atoms with Crippen molar-refractivity contribution in [3.05, 3.63) is 54.1 Å². The molecule has 3 rings (SSSR count). The van der Waals surface area contributed by atoms with Gasteiger partial charge in [-0.1, -0.05) is 6.58 Å². The molecule has 0 aromatic heterocycles. The van der Waals surface area contributed by atoms with Crippen LogP contribution in [0.1, 0.15) is 6.92 Å². The number of rotatable bonds is 7. The van der Waals surface area contributed by atoms with Gasteiger partial charge in [0.1, 0.15) is 18.2 Å². The number of carbonyl (C=O) groups excluding carboxylic acids is 1. The van der Waals surface area contributed by atoms with Gasteiger partial charge in [-0.05, 0) is 37.3 Å². The minimum absolute atomic E-state index is 0.181. The van der Waals surface area contributed by atoms with Gasteiger partial charge in [-0.15, -0.1) is 5.10 Å².